The van der Waals surface area contributed by atoms with Crippen LogP contribution in [0, 0.1) is 5.82 Å². The summed E-state index contributed by atoms with van der Waals surface area (Å²) >= 11 is 5.91. The minimum absolute atomic E-state index is 0.0981. The Bertz CT molecular complexity index is 881. The quantitative estimate of drug-likeness (QED) is 0.745. The van der Waals surface area contributed by atoms with Crippen molar-refractivity contribution in [1.29, 1.82) is 0 Å². The van der Waals surface area contributed by atoms with Crippen LogP contribution in [0.1, 0.15) is 17.4 Å². The van der Waals surface area contributed by atoms with Gasteiger partial charge in [0.2, 0.25) is 5.82 Å². The molecule has 0 saturated carbocycles. The zero-order valence-electron chi connectivity index (χ0n) is 11.7. The molecule has 7 nitrogen and oxygen atoms in total. The Morgan fingerprint density at radius 1 is 1.26 bits per heavy atom. The fraction of sp³-hybridized carbons (Fsp3) is 0.143. The molecular formula is C14H11ClFN7. The van der Waals surface area contributed by atoms with Gasteiger partial charge in [-0.05, 0) is 12.1 Å². The van der Waals surface area contributed by atoms with Crippen molar-refractivity contribution in [2.45, 2.75) is 5.92 Å². The van der Waals surface area contributed by atoms with Crippen molar-refractivity contribution in [1.82, 2.24) is 24.5 Å². The summed E-state index contributed by atoms with van der Waals surface area (Å²) in [5.41, 5.74) is 6.35. The molecule has 0 aromatic carbocycles. The number of nitrogens with two attached hydrogens (primary N) is 1. The molecule has 1 aliphatic rings. The third-order valence-corrected chi connectivity index (χ3v) is 3.79. The summed E-state index contributed by atoms with van der Waals surface area (Å²) in [5, 5.41) is 3.39. The number of halogens is 2. The third-order valence-electron chi connectivity index (χ3n) is 3.61. The molecule has 0 fully saturated rings. The molecule has 1 aliphatic heterocycles. The van der Waals surface area contributed by atoms with Crippen LogP contribution < -0.4 is 11.1 Å². The molecule has 0 amide bonds. The zero-order chi connectivity index (χ0) is 16.0. The maximum atomic E-state index is 14.3. The molecule has 4 rings (SSSR count). The number of anilines is 2. The maximum absolute atomic E-state index is 14.3. The van der Waals surface area contributed by atoms with Crippen molar-refractivity contribution < 1.29 is 4.39 Å². The minimum Gasteiger partial charge on any atom is -0.381 e. The highest BCUT2D eigenvalue weighted by Gasteiger charge is 2.30. The summed E-state index contributed by atoms with van der Waals surface area (Å²) in [6.07, 6.45) is 4.83. The molecule has 0 spiro atoms. The predicted octanol–water partition coefficient (Wildman–Crippen LogP) is 1.99. The zero-order valence-corrected chi connectivity index (χ0v) is 12.5. The lowest BCUT2D eigenvalue weighted by Gasteiger charge is -2.12. The van der Waals surface area contributed by atoms with Gasteiger partial charge in [0.1, 0.15) is 16.8 Å². The molecule has 0 aliphatic carbocycles. The molecule has 3 aromatic heterocycles. The highest BCUT2D eigenvalue weighted by molar-refractivity contribution is 6.29. The van der Waals surface area contributed by atoms with E-state index >= 15 is 0 Å². The average molecular weight is 332 g/mol. The first-order valence-corrected chi connectivity index (χ1v) is 7.24. The van der Waals surface area contributed by atoms with Gasteiger partial charge in [0.05, 0.1) is 17.8 Å². The first-order chi connectivity index (χ1) is 11.1. The molecule has 0 saturated heterocycles. The van der Waals surface area contributed by atoms with Gasteiger partial charge in [0.15, 0.2) is 11.6 Å². The van der Waals surface area contributed by atoms with Crippen molar-refractivity contribution in [2.75, 3.05) is 17.6 Å². The number of hydrogen-bond acceptors (Lipinski definition) is 6. The Kier molecular flexibility index (Phi) is 3.12. The Hall–Kier alpha value is -2.74. The van der Waals surface area contributed by atoms with Gasteiger partial charge in [0, 0.05) is 18.9 Å². The monoisotopic (exact) mass is 331 g/mol. The van der Waals surface area contributed by atoms with Crippen LogP contribution in [0.4, 0.5) is 16.0 Å². The van der Waals surface area contributed by atoms with Crippen LogP contribution in [-0.4, -0.2) is 31.0 Å². The van der Waals surface area contributed by atoms with Gasteiger partial charge in [-0.2, -0.15) is 4.39 Å². The lowest BCUT2D eigenvalue weighted by molar-refractivity contribution is 0.599. The number of hydrogen-bond donors (Lipinski definition) is 2. The molecule has 9 heteroatoms. The lowest BCUT2D eigenvalue weighted by Crippen LogP contribution is -2.15. The van der Waals surface area contributed by atoms with Crippen LogP contribution in [-0.2, 0) is 0 Å². The van der Waals surface area contributed by atoms with Gasteiger partial charge in [-0.3, -0.25) is 0 Å². The SMILES string of the molecule is Nc1nc(C2CNc3ncc(Cl)nc32)nc(-n2cccc2)c1F. The van der Waals surface area contributed by atoms with Crippen molar-refractivity contribution in [3.63, 3.8) is 0 Å². The third kappa shape index (κ3) is 2.27. The molecule has 0 radical (unpaired) electrons. The van der Waals surface area contributed by atoms with E-state index in [1.807, 2.05) is 0 Å². The topological polar surface area (TPSA) is 94.5 Å². The van der Waals surface area contributed by atoms with Crippen molar-refractivity contribution in [3.8, 4) is 5.82 Å². The second-order valence-corrected chi connectivity index (χ2v) is 5.44. The molecule has 0 bridgehead atoms. The molecule has 23 heavy (non-hydrogen) atoms. The van der Waals surface area contributed by atoms with E-state index < -0.39 is 5.82 Å². The maximum Gasteiger partial charge on any atom is 0.208 e. The average Bonchev–Trinajstić information content (AvgIpc) is 3.19. The molecule has 1 atom stereocenters. The van der Waals surface area contributed by atoms with Crippen LogP contribution >= 0.6 is 11.6 Å². The van der Waals surface area contributed by atoms with E-state index in [1.165, 1.54) is 6.20 Å². The predicted molar refractivity (Wildman–Crippen MR) is 83.1 cm³/mol. The standard InChI is InChI=1S/C14H11ClFN7/c15-8-6-19-13-10(20-8)7(5-18-13)12-21-11(17)9(16)14(22-12)23-3-1-2-4-23/h1-4,6-7H,5H2,(H,18,19)(H2,17,21,22). The first-order valence-electron chi connectivity index (χ1n) is 6.86. The van der Waals surface area contributed by atoms with Gasteiger partial charge in [-0.25, -0.2) is 19.9 Å². The van der Waals surface area contributed by atoms with Gasteiger partial charge >= 0.3 is 0 Å². The van der Waals surface area contributed by atoms with Gasteiger partial charge in [-0.15, -0.1) is 0 Å². The molecule has 3 N–H and O–H groups in total. The normalized spacial score (nSPS) is 16.2. The van der Waals surface area contributed by atoms with E-state index in [1.54, 1.807) is 29.1 Å². The fourth-order valence-electron chi connectivity index (χ4n) is 2.54. The first kappa shape index (κ1) is 13.9. The van der Waals surface area contributed by atoms with Gasteiger partial charge in [0.25, 0.3) is 0 Å². The fourth-order valence-corrected chi connectivity index (χ4v) is 2.68. The number of nitrogens with one attached hydrogen (secondary N) is 1. The number of aromatic nitrogens is 5. The van der Waals surface area contributed by atoms with E-state index in [0.29, 0.717) is 23.9 Å². The van der Waals surface area contributed by atoms with Gasteiger partial charge in [-0.1, -0.05) is 11.6 Å². The van der Waals surface area contributed by atoms with E-state index in [-0.39, 0.29) is 22.7 Å². The highest BCUT2D eigenvalue weighted by Crippen LogP contribution is 2.33. The minimum atomic E-state index is -0.659. The van der Waals surface area contributed by atoms with Crippen LogP contribution in [0.15, 0.2) is 30.7 Å². The number of nitrogen functional groups attached to an aromatic ring is 1. The van der Waals surface area contributed by atoms with Crippen LogP contribution in [0.2, 0.25) is 5.15 Å². The van der Waals surface area contributed by atoms with Crippen LogP contribution in [0.25, 0.3) is 5.82 Å². The Morgan fingerprint density at radius 2 is 2.04 bits per heavy atom. The van der Waals surface area contributed by atoms with Crippen molar-refractivity contribution in [3.05, 3.63) is 53.2 Å². The second-order valence-electron chi connectivity index (χ2n) is 5.06. The number of nitrogens with zero attached hydrogens (tertiary/aromatic N) is 5. The summed E-state index contributed by atoms with van der Waals surface area (Å²) in [6.45, 7) is 0.492. The lowest BCUT2D eigenvalue weighted by atomic mass is 10.1. The smallest absolute Gasteiger partial charge is 0.208 e. The molecular weight excluding hydrogens is 321 g/mol. The Morgan fingerprint density at radius 3 is 2.83 bits per heavy atom. The summed E-state index contributed by atoms with van der Waals surface area (Å²) < 4.78 is 15.8. The van der Waals surface area contributed by atoms with Crippen molar-refractivity contribution in [2.24, 2.45) is 0 Å². The largest absolute Gasteiger partial charge is 0.381 e. The van der Waals surface area contributed by atoms with Gasteiger partial charge < -0.3 is 15.6 Å². The van der Waals surface area contributed by atoms with Crippen LogP contribution in [0.3, 0.4) is 0 Å². The summed E-state index contributed by atoms with van der Waals surface area (Å²) in [6, 6.07) is 3.55. The summed E-state index contributed by atoms with van der Waals surface area (Å²) in [4.78, 5) is 16.9. The summed E-state index contributed by atoms with van der Waals surface area (Å²) in [7, 11) is 0. The number of rotatable bonds is 2. The van der Waals surface area contributed by atoms with E-state index in [0.717, 1.165) is 0 Å². The van der Waals surface area contributed by atoms with Crippen molar-refractivity contribution >= 4 is 23.2 Å². The second kappa shape index (κ2) is 5.17. The molecule has 4 heterocycles. The molecule has 116 valence electrons. The molecule has 1 unspecified atom stereocenters. The van der Waals surface area contributed by atoms with Crippen LogP contribution in [0.5, 0.6) is 0 Å². The molecule has 3 aromatic rings. The summed E-state index contributed by atoms with van der Waals surface area (Å²) in [5.74, 6) is -0.0754. The Labute approximate surface area is 135 Å². The number of fused-ring (bicyclic) bond motifs is 1. The highest BCUT2D eigenvalue weighted by atomic mass is 35.5. The van der Waals surface area contributed by atoms with E-state index in [4.69, 9.17) is 17.3 Å². The van der Waals surface area contributed by atoms with E-state index in [9.17, 15) is 4.39 Å². The van der Waals surface area contributed by atoms with E-state index in [2.05, 4.69) is 25.3 Å². The Balaban J connectivity index is 1.84.